The summed E-state index contributed by atoms with van der Waals surface area (Å²) in [5.74, 6) is 0.0233. The monoisotopic (exact) mass is 405 g/mol. The van der Waals surface area contributed by atoms with Gasteiger partial charge in [0.15, 0.2) is 0 Å². The molecule has 0 radical (unpaired) electrons. The van der Waals surface area contributed by atoms with Crippen LogP contribution in [0.5, 0.6) is 0 Å². The van der Waals surface area contributed by atoms with Crippen LogP contribution in [-0.4, -0.2) is 32.4 Å². The van der Waals surface area contributed by atoms with E-state index >= 15 is 0 Å². The lowest BCUT2D eigenvalue weighted by Gasteiger charge is -2.18. The largest absolute Gasteiger partial charge is 0.288 e. The first-order chi connectivity index (χ1) is 14.0. The maximum Gasteiger partial charge on any atom is 0.208 e. The normalized spacial score (nSPS) is 14.0. The first kappa shape index (κ1) is 19.5. The number of benzene rings is 2. The van der Waals surface area contributed by atoms with Gasteiger partial charge in [-0.25, -0.2) is 13.1 Å². The molecule has 0 saturated heterocycles. The van der Waals surface area contributed by atoms with Crippen molar-refractivity contribution < 1.29 is 8.42 Å². The Morgan fingerprint density at radius 2 is 1.86 bits per heavy atom. The highest BCUT2D eigenvalue weighted by atomic mass is 32.2. The number of rotatable bonds is 7. The highest BCUT2D eigenvalue weighted by Crippen LogP contribution is 2.27. The molecule has 29 heavy (non-hydrogen) atoms. The lowest BCUT2D eigenvalue weighted by Crippen LogP contribution is -2.28. The molecule has 1 atom stereocenters. The van der Waals surface area contributed by atoms with E-state index in [1.807, 2.05) is 48.9 Å². The van der Waals surface area contributed by atoms with E-state index in [1.165, 1.54) is 11.8 Å². The molecule has 1 aliphatic heterocycles. The molecule has 0 unspecified atom stereocenters. The summed E-state index contributed by atoms with van der Waals surface area (Å²) in [6.07, 6.45) is 7.52. The van der Waals surface area contributed by atoms with Gasteiger partial charge >= 0.3 is 0 Å². The summed E-state index contributed by atoms with van der Waals surface area (Å²) in [6, 6.07) is 18.5. The van der Waals surface area contributed by atoms with Crippen LogP contribution < -0.4 is 4.72 Å². The van der Waals surface area contributed by atoms with Crippen molar-refractivity contribution in [1.29, 1.82) is 0 Å². The second kappa shape index (κ2) is 8.27. The molecule has 2 heterocycles. The van der Waals surface area contributed by atoms with Gasteiger partial charge in [-0.15, -0.1) is 0 Å². The van der Waals surface area contributed by atoms with Crippen LogP contribution in [0.15, 0.2) is 72.0 Å². The SMILES string of the molecule is CS(=O)(=O)NC[C@H](Cc1cncc(-c2ccc3c(c2)C=NC3)c1)c1ccccc1. The van der Waals surface area contributed by atoms with Crippen LogP contribution >= 0.6 is 0 Å². The molecular formula is C23H23N3O2S. The first-order valence-electron chi connectivity index (χ1n) is 9.54. The second-order valence-corrected chi connectivity index (χ2v) is 9.23. The number of nitrogens with one attached hydrogen (secondary N) is 1. The second-order valence-electron chi connectivity index (χ2n) is 7.40. The van der Waals surface area contributed by atoms with Crippen molar-refractivity contribution in [3.8, 4) is 11.1 Å². The fourth-order valence-electron chi connectivity index (χ4n) is 3.61. The van der Waals surface area contributed by atoms with E-state index in [2.05, 4.69) is 39.0 Å². The van der Waals surface area contributed by atoms with Gasteiger partial charge in [0.05, 0.1) is 12.8 Å². The average Bonchev–Trinajstić information content (AvgIpc) is 3.19. The van der Waals surface area contributed by atoms with Gasteiger partial charge in [-0.1, -0.05) is 42.5 Å². The molecule has 0 saturated carbocycles. The van der Waals surface area contributed by atoms with Crippen LogP contribution in [0.1, 0.15) is 28.2 Å². The minimum absolute atomic E-state index is 0.0233. The number of hydrogen-bond acceptors (Lipinski definition) is 4. The summed E-state index contributed by atoms with van der Waals surface area (Å²) in [7, 11) is -3.25. The van der Waals surface area contributed by atoms with Gasteiger partial charge in [-0.05, 0) is 46.4 Å². The number of pyridine rings is 1. The van der Waals surface area contributed by atoms with Crippen LogP contribution in [0.3, 0.4) is 0 Å². The maximum atomic E-state index is 11.6. The number of nitrogens with zero attached hydrogens (tertiary/aromatic N) is 2. The smallest absolute Gasteiger partial charge is 0.208 e. The van der Waals surface area contributed by atoms with Crippen LogP contribution in [0.2, 0.25) is 0 Å². The molecule has 5 nitrogen and oxygen atoms in total. The van der Waals surface area contributed by atoms with Crippen molar-refractivity contribution in [2.45, 2.75) is 18.9 Å². The molecule has 2 aromatic carbocycles. The van der Waals surface area contributed by atoms with Crippen molar-refractivity contribution in [3.05, 3.63) is 89.2 Å². The van der Waals surface area contributed by atoms with Gasteiger partial charge in [0, 0.05) is 36.6 Å². The Labute approximate surface area is 171 Å². The third kappa shape index (κ3) is 4.96. The molecule has 3 aromatic rings. The zero-order valence-electron chi connectivity index (χ0n) is 16.2. The Kier molecular flexibility index (Phi) is 5.56. The number of hydrogen-bond donors (Lipinski definition) is 1. The summed E-state index contributed by atoms with van der Waals surface area (Å²) in [4.78, 5) is 8.76. The van der Waals surface area contributed by atoms with Crippen molar-refractivity contribution in [3.63, 3.8) is 0 Å². The van der Waals surface area contributed by atoms with Gasteiger partial charge in [0.2, 0.25) is 10.0 Å². The van der Waals surface area contributed by atoms with Crippen LogP contribution in [0.25, 0.3) is 11.1 Å². The molecule has 1 aromatic heterocycles. The molecular weight excluding hydrogens is 382 g/mol. The molecule has 0 bridgehead atoms. The lowest BCUT2D eigenvalue weighted by atomic mass is 9.91. The fourth-order valence-corrected chi connectivity index (χ4v) is 4.11. The highest BCUT2D eigenvalue weighted by molar-refractivity contribution is 7.88. The number of aliphatic imine (C=N–C) groups is 1. The van der Waals surface area contributed by atoms with E-state index in [-0.39, 0.29) is 5.92 Å². The molecule has 1 aliphatic rings. The molecule has 1 N–H and O–H groups in total. The number of sulfonamides is 1. The molecule has 148 valence electrons. The van der Waals surface area contributed by atoms with E-state index in [1.54, 1.807) is 0 Å². The fraction of sp³-hybridized carbons (Fsp3) is 0.217. The molecule has 0 spiro atoms. The lowest BCUT2D eigenvalue weighted by molar-refractivity contribution is 0.574. The zero-order valence-corrected chi connectivity index (χ0v) is 17.1. The third-order valence-electron chi connectivity index (χ3n) is 5.11. The third-order valence-corrected chi connectivity index (χ3v) is 5.80. The highest BCUT2D eigenvalue weighted by Gasteiger charge is 2.16. The number of fused-ring (bicyclic) bond motifs is 1. The molecule has 0 fully saturated rings. The van der Waals surface area contributed by atoms with Gasteiger partial charge in [-0.3, -0.25) is 9.98 Å². The van der Waals surface area contributed by atoms with Crippen molar-refractivity contribution in [2.24, 2.45) is 4.99 Å². The Morgan fingerprint density at radius 3 is 2.66 bits per heavy atom. The summed E-state index contributed by atoms with van der Waals surface area (Å²) < 4.78 is 25.9. The van der Waals surface area contributed by atoms with Crippen molar-refractivity contribution in [1.82, 2.24) is 9.71 Å². The molecule has 0 amide bonds. The minimum Gasteiger partial charge on any atom is -0.288 e. The van der Waals surface area contributed by atoms with E-state index in [0.717, 1.165) is 34.4 Å². The van der Waals surface area contributed by atoms with E-state index in [4.69, 9.17) is 0 Å². The van der Waals surface area contributed by atoms with Crippen LogP contribution in [0, 0.1) is 0 Å². The predicted molar refractivity (Wildman–Crippen MR) is 117 cm³/mol. The Hall–Kier alpha value is -2.83. The summed E-state index contributed by atoms with van der Waals surface area (Å²) in [5.41, 5.74) is 6.73. The zero-order chi connectivity index (χ0) is 20.3. The average molecular weight is 406 g/mol. The van der Waals surface area contributed by atoms with E-state index in [0.29, 0.717) is 13.0 Å². The van der Waals surface area contributed by atoms with Crippen molar-refractivity contribution in [2.75, 3.05) is 12.8 Å². The van der Waals surface area contributed by atoms with Gasteiger partial charge in [0.25, 0.3) is 0 Å². The Balaban J connectivity index is 1.59. The van der Waals surface area contributed by atoms with Gasteiger partial charge in [0.1, 0.15) is 0 Å². The van der Waals surface area contributed by atoms with Crippen LogP contribution in [-0.2, 0) is 23.0 Å². The molecule has 4 rings (SSSR count). The van der Waals surface area contributed by atoms with Crippen LogP contribution in [0.4, 0.5) is 0 Å². The van der Waals surface area contributed by atoms with E-state index < -0.39 is 10.0 Å². The van der Waals surface area contributed by atoms with Gasteiger partial charge < -0.3 is 0 Å². The summed E-state index contributed by atoms with van der Waals surface area (Å²) in [5, 5.41) is 0. The topological polar surface area (TPSA) is 71.4 Å². The van der Waals surface area contributed by atoms with E-state index in [9.17, 15) is 8.42 Å². The van der Waals surface area contributed by atoms with Crippen molar-refractivity contribution >= 4 is 16.2 Å². The standard InChI is InChI=1S/C23H23N3O2S/c1-29(27,28)26-16-22(18-5-3-2-4-6-18)10-17-9-21(14-24-12-17)19-7-8-20-13-25-15-23(20)11-19/h2-9,11-12,14-15,22,26H,10,13,16H2,1H3/t22-/m0/s1. The summed E-state index contributed by atoms with van der Waals surface area (Å²) in [6.45, 7) is 1.10. The first-order valence-corrected chi connectivity index (χ1v) is 11.4. The Morgan fingerprint density at radius 1 is 1.03 bits per heavy atom. The quantitative estimate of drug-likeness (QED) is 0.653. The predicted octanol–water partition coefficient (Wildman–Crippen LogP) is 3.56. The summed E-state index contributed by atoms with van der Waals surface area (Å²) >= 11 is 0. The molecule has 0 aliphatic carbocycles. The molecule has 6 heteroatoms. The van der Waals surface area contributed by atoms with Gasteiger partial charge in [-0.2, -0.15) is 0 Å². The Bertz CT molecular complexity index is 1140. The number of aromatic nitrogens is 1. The minimum atomic E-state index is -3.25. The maximum absolute atomic E-state index is 11.6.